The summed E-state index contributed by atoms with van der Waals surface area (Å²) in [6.45, 7) is 12.0. The van der Waals surface area contributed by atoms with Gasteiger partial charge in [-0.05, 0) is 71.0 Å². The van der Waals surface area contributed by atoms with Gasteiger partial charge in [0.15, 0.2) is 0 Å². The largest absolute Gasteiger partial charge is 0.494 e. The Kier molecular flexibility index (Phi) is 7.86. The first-order valence-electron chi connectivity index (χ1n) is 13.3. The highest BCUT2D eigenvalue weighted by Gasteiger charge is 2.51. The van der Waals surface area contributed by atoms with Crippen molar-refractivity contribution in [3.8, 4) is 0 Å². The Hall–Kier alpha value is -2.65. The van der Waals surface area contributed by atoms with Crippen LogP contribution in [0.4, 0.5) is 4.79 Å². The first kappa shape index (κ1) is 27.4. The number of ether oxygens (including phenoxy) is 1. The molecule has 200 valence electrons. The molecule has 1 N–H and O–H groups in total. The zero-order valence-electron chi connectivity index (χ0n) is 23.2. The van der Waals surface area contributed by atoms with Gasteiger partial charge in [0.2, 0.25) is 5.91 Å². The van der Waals surface area contributed by atoms with Crippen molar-refractivity contribution < 1.29 is 23.6 Å². The molecule has 37 heavy (non-hydrogen) atoms. The highest BCUT2D eigenvalue weighted by atomic mass is 16.7. The molecule has 1 aromatic rings. The molecular weight excluding hydrogens is 469 g/mol. The lowest BCUT2D eigenvalue weighted by atomic mass is 9.74. The number of nitrogens with zero attached hydrogens (tertiary/aromatic N) is 2. The summed E-state index contributed by atoms with van der Waals surface area (Å²) in [5.41, 5.74) is 6.13. The number of amides is 2. The topological polar surface area (TPSA) is 89.5 Å². The zero-order valence-corrected chi connectivity index (χ0v) is 23.2. The molecule has 3 aliphatic rings. The first-order chi connectivity index (χ1) is 17.4. The average Bonchev–Trinajstić information content (AvgIpc) is 3.44. The third-order valence-corrected chi connectivity index (χ3v) is 8.23. The lowest BCUT2D eigenvalue weighted by Crippen LogP contribution is -2.54. The lowest BCUT2D eigenvalue weighted by Gasteiger charge is -2.36. The summed E-state index contributed by atoms with van der Waals surface area (Å²) in [5.74, 6) is -0.238. The second-order valence-electron chi connectivity index (χ2n) is 11.6. The fraction of sp³-hybridized carbons (Fsp3) is 0.607. The zero-order chi connectivity index (χ0) is 27.0. The van der Waals surface area contributed by atoms with Gasteiger partial charge >= 0.3 is 13.2 Å². The Balaban J connectivity index is 1.43. The molecule has 2 atom stereocenters. The fourth-order valence-corrected chi connectivity index (χ4v) is 5.27. The predicted molar refractivity (Wildman–Crippen MR) is 145 cm³/mol. The molecule has 2 aliphatic heterocycles. The first-order valence-corrected chi connectivity index (χ1v) is 13.3. The molecule has 8 nitrogen and oxygen atoms in total. The van der Waals surface area contributed by atoms with E-state index in [1.807, 2.05) is 20.0 Å². The smallest absolute Gasteiger partial charge is 0.452 e. The summed E-state index contributed by atoms with van der Waals surface area (Å²) in [7, 11) is 0.907. The molecule has 0 radical (unpaired) electrons. The molecule has 1 unspecified atom stereocenters. The number of hydrogen-bond donors (Lipinski definition) is 1. The lowest BCUT2D eigenvalue weighted by molar-refractivity contribution is -0.142. The van der Waals surface area contributed by atoms with E-state index in [1.165, 1.54) is 12.1 Å². The summed E-state index contributed by atoms with van der Waals surface area (Å²) >= 11 is 0. The predicted octanol–water partition coefficient (Wildman–Crippen LogP) is 4.49. The molecule has 0 aromatic heterocycles. The minimum atomic E-state index is -0.638. The van der Waals surface area contributed by atoms with E-state index < -0.39 is 6.09 Å². The molecule has 4 rings (SSSR count). The van der Waals surface area contributed by atoms with Crippen LogP contribution in [0.3, 0.4) is 0 Å². The molecule has 1 aliphatic carbocycles. The van der Waals surface area contributed by atoms with E-state index in [0.717, 1.165) is 54.4 Å². The van der Waals surface area contributed by atoms with Crippen LogP contribution in [0.1, 0.15) is 79.2 Å². The van der Waals surface area contributed by atoms with Crippen molar-refractivity contribution in [2.45, 2.75) is 90.9 Å². The van der Waals surface area contributed by atoms with Crippen LogP contribution >= 0.6 is 0 Å². The Bertz CT molecular complexity index is 1060. The van der Waals surface area contributed by atoms with Crippen LogP contribution in [0.5, 0.6) is 0 Å². The fourth-order valence-electron chi connectivity index (χ4n) is 5.27. The Morgan fingerprint density at radius 2 is 1.70 bits per heavy atom. The number of carbonyl (C=O) groups is 2. The summed E-state index contributed by atoms with van der Waals surface area (Å²) in [5, 5.41) is 1.41. The standard InChI is InChI=1S/C28H40BN3O5/c1-18(2)32(31-26(34)35-7)25(33)23-11-9-8-10-22(23)24-16-20(17-30-24)19-12-14-21(15-13-19)29-36-27(3,4)28(5,6)37-29/h12-15,17-18,22-23H,8-11,16H2,1-7H3,(H,31,34)/t22?,23-/m0/s1. The van der Waals surface area contributed by atoms with Gasteiger partial charge in [-0.2, -0.15) is 0 Å². The summed E-state index contributed by atoms with van der Waals surface area (Å²) < 4.78 is 17.1. The van der Waals surface area contributed by atoms with E-state index in [4.69, 9.17) is 19.0 Å². The van der Waals surface area contributed by atoms with E-state index in [-0.39, 0.29) is 42.1 Å². The van der Waals surface area contributed by atoms with E-state index in [9.17, 15) is 9.59 Å². The van der Waals surface area contributed by atoms with Crippen molar-refractivity contribution in [2.24, 2.45) is 16.8 Å². The molecule has 1 aromatic carbocycles. The quantitative estimate of drug-likeness (QED) is 0.467. The second-order valence-corrected chi connectivity index (χ2v) is 11.6. The molecule has 1 saturated carbocycles. The Morgan fingerprint density at radius 1 is 1.08 bits per heavy atom. The van der Waals surface area contributed by atoms with Gasteiger partial charge in [-0.25, -0.2) is 15.2 Å². The van der Waals surface area contributed by atoms with Gasteiger partial charge in [0.1, 0.15) is 0 Å². The third kappa shape index (κ3) is 5.62. The minimum Gasteiger partial charge on any atom is -0.452 e. The maximum absolute atomic E-state index is 13.5. The van der Waals surface area contributed by atoms with Crippen LogP contribution in [0.25, 0.3) is 5.57 Å². The van der Waals surface area contributed by atoms with Gasteiger partial charge in [-0.1, -0.05) is 37.1 Å². The monoisotopic (exact) mass is 509 g/mol. The number of hydrazine groups is 1. The maximum atomic E-state index is 13.5. The van der Waals surface area contributed by atoms with Gasteiger partial charge < -0.3 is 14.0 Å². The molecule has 0 spiro atoms. The molecule has 1 saturated heterocycles. The number of aliphatic imine (C=N–C) groups is 1. The SMILES string of the molecule is COC(=O)NN(C(=O)[C@H]1CCCCC1C1=NC=C(c2ccc(B3OC(C)(C)C(C)(C)O3)cc2)C1)C(C)C. The highest BCUT2D eigenvalue weighted by molar-refractivity contribution is 6.62. The normalized spacial score (nSPS) is 24.5. The van der Waals surface area contributed by atoms with Crippen molar-refractivity contribution >= 4 is 35.9 Å². The average molecular weight is 509 g/mol. The number of rotatable bonds is 5. The molecule has 0 bridgehead atoms. The Labute approximate surface area is 220 Å². The van der Waals surface area contributed by atoms with Gasteiger partial charge in [-0.3, -0.25) is 9.79 Å². The Morgan fingerprint density at radius 3 is 2.30 bits per heavy atom. The van der Waals surface area contributed by atoms with E-state index in [2.05, 4.69) is 57.4 Å². The number of benzene rings is 1. The van der Waals surface area contributed by atoms with Gasteiger partial charge in [-0.15, -0.1) is 0 Å². The number of methoxy groups -OCH3 is 1. The number of nitrogens with one attached hydrogen (secondary N) is 1. The number of carbonyl (C=O) groups excluding carboxylic acids is 2. The van der Waals surface area contributed by atoms with Crippen molar-refractivity contribution in [2.75, 3.05) is 7.11 Å². The van der Waals surface area contributed by atoms with Crippen molar-refractivity contribution in [1.29, 1.82) is 0 Å². The van der Waals surface area contributed by atoms with Crippen LogP contribution in [-0.4, -0.2) is 54.2 Å². The van der Waals surface area contributed by atoms with E-state index >= 15 is 0 Å². The molecule has 2 heterocycles. The molecule has 2 fully saturated rings. The van der Waals surface area contributed by atoms with Crippen LogP contribution in [0, 0.1) is 11.8 Å². The molecule has 2 amide bonds. The van der Waals surface area contributed by atoms with Crippen LogP contribution < -0.4 is 10.9 Å². The minimum absolute atomic E-state index is 0.0553. The molecule has 9 heteroatoms. The second kappa shape index (κ2) is 10.6. The van der Waals surface area contributed by atoms with E-state index in [0.29, 0.717) is 0 Å². The van der Waals surface area contributed by atoms with Crippen molar-refractivity contribution in [1.82, 2.24) is 10.4 Å². The summed E-state index contributed by atoms with van der Waals surface area (Å²) in [6.07, 6.45) is 5.77. The van der Waals surface area contributed by atoms with Gasteiger partial charge in [0.25, 0.3) is 0 Å². The van der Waals surface area contributed by atoms with Gasteiger partial charge in [0.05, 0.1) is 18.3 Å². The van der Waals surface area contributed by atoms with Crippen LogP contribution in [-0.2, 0) is 18.8 Å². The van der Waals surface area contributed by atoms with Crippen LogP contribution in [0.2, 0.25) is 0 Å². The van der Waals surface area contributed by atoms with Gasteiger partial charge in [0, 0.05) is 36.2 Å². The number of hydrogen-bond acceptors (Lipinski definition) is 6. The van der Waals surface area contributed by atoms with Crippen molar-refractivity contribution in [3.05, 3.63) is 36.0 Å². The van der Waals surface area contributed by atoms with Crippen LogP contribution in [0.15, 0.2) is 35.5 Å². The third-order valence-electron chi connectivity index (χ3n) is 8.23. The summed E-state index contributed by atoms with van der Waals surface area (Å²) in [6, 6.07) is 8.12. The van der Waals surface area contributed by atoms with E-state index in [1.54, 1.807) is 0 Å². The molecular formula is C28H40BN3O5. The number of allylic oxidation sites excluding steroid dienone is 1. The maximum Gasteiger partial charge on any atom is 0.494 e. The van der Waals surface area contributed by atoms with Crippen molar-refractivity contribution in [3.63, 3.8) is 0 Å². The highest BCUT2D eigenvalue weighted by Crippen LogP contribution is 2.38. The summed E-state index contributed by atoms with van der Waals surface area (Å²) in [4.78, 5) is 30.2.